The molecule has 3 rings (SSSR count). The van der Waals surface area contributed by atoms with Crippen LogP contribution in [0, 0.1) is 11.3 Å². The molecule has 3 nitrogen and oxygen atoms in total. The first-order valence-electron chi connectivity index (χ1n) is 6.74. The molecule has 0 unspecified atom stereocenters. The summed E-state index contributed by atoms with van der Waals surface area (Å²) in [6.07, 6.45) is -0.0696. The lowest BCUT2D eigenvalue weighted by Crippen LogP contribution is -2.23. The predicted octanol–water partition coefficient (Wildman–Crippen LogP) is 3.31. The highest BCUT2D eigenvalue weighted by molar-refractivity contribution is 5.33. The highest BCUT2D eigenvalue weighted by Gasteiger charge is 2.33. The van der Waals surface area contributed by atoms with Crippen molar-refractivity contribution in [3.63, 3.8) is 0 Å². The first kappa shape index (κ1) is 12.9. The average Bonchev–Trinajstić information content (AvgIpc) is 2.90. The molecule has 100 valence electrons. The minimum Gasteiger partial charge on any atom is -0.350 e. The van der Waals surface area contributed by atoms with Crippen molar-refractivity contribution in [2.45, 2.75) is 25.3 Å². The third-order valence-corrected chi connectivity index (χ3v) is 3.62. The second-order valence-corrected chi connectivity index (χ2v) is 5.04. The van der Waals surface area contributed by atoms with Crippen molar-refractivity contribution in [2.75, 3.05) is 0 Å². The summed E-state index contributed by atoms with van der Waals surface area (Å²) in [5.74, 6) is 0. The smallest absolute Gasteiger partial charge is 0.135 e. The number of hydrogen-bond acceptors (Lipinski definition) is 3. The Morgan fingerprint density at radius 2 is 1.70 bits per heavy atom. The normalized spacial score (nSPS) is 25.3. The molecule has 0 bridgehead atoms. The summed E-state index contributed by atoms with van der Waals surface area (Å²) in [6, 6.07) is 20.1. The van der Waals surface area contributed by atoms with E-state index < -0.39 is 0 Å². The summed E-state index contributed by atoms with van der Waals surface area (Å²) >= 11 is 0. The van der Waals surface area contributed by atoms with Crippen molar-refractivity contribution in [3.8, 4) is 6.07 Å². The molecular formula is C17H16N2O. The molecule has 2 aromatic carbocycles. The van der Waals surface area contributed by atoms with Gasteiger partial charge < -0.3 is 4.74 Å². The van der Waals surface area contributed by atoms with Gasteiger partial charge in [0.2, 0.25) is 0 Å². The number of benzene rings is 2. The van der Waals surface area contributed by atoms with Crippen molar-refractivity contribution >= 4 is 0 Å². The van der Waals surface area contributed by atoms with Gasteiger partial charge in [0.15, 0.2) is 0 Å². The molecular weight excluding hydrogens is 248 g/mol. The zero-order chi connectivity index (χ0) is 13.9. The summed E-state index contributed by atoms with van der Waals surface area (Å²) < 4.78 is 6.13. The van der Waals surface area contributed by atoms with Crippen LogP contribution in [0.1, 0.15) is 35.9 Å². The summed E-state index contributed by atoms with van der Waals surface area (Å²) in [5.41, 5.74) is 2.90. The molecule has 0 saturated carbocycles. The molecule has 3 heteroatoms. The number of rotatable bonds is 2. The van der Waals surface area contributed by atoms with Crippen LogP contribution in [0.15, 0.2) is 54.6 Å². The maximum absolute atomic E-state index is 8.83. The van der Waals surface area contributed by atoms with E-state index in [0.29, 0.717) is 5.56 Å². The maximum atomic E-state index is 8.83. The molecule has 1 saturated heterocycles. The molecule has 0 aliphatic carbocycles. The number of nitrogens with zero attached hydrogens (tertiary/aromatic N) is 1. The molecule has 1 fully saturated rings. The van der Waals surface area contributed by atoms with Gasteiger partial charge in [-0.1, -0.05) is 42.5 Å². The Hall–Kier alpha value is -2.15. The van der Waals surface area contributed by atoms with Crippen LogP contribution in [0.4, 0.5) is 0 Å². The molecule has 0 radical (unpaired) electrons. The van der Waals surface area contributed by atoms with Gasteiger partial charge in [0.05, 0.1) is 11.6 Å². The third-order valence-electron chi connectivity index (χ3n) is 3.62. The van der Waals surface area contributed by atoms with E-state index in [-0.39, 0.29) is 18.4 Å². The Morgan fingerprint density at radius 3 is 2.35 bits per heavy atom. The van der Waals surface area contributed by atoms with Gasteiger partial charge in [-0.15, -0.1) is 0 Å². The van der Waals surface area contributed by atoms with E-state index in [2.05, 4.69) is 30.4 Å². The zero-order valence-electron chi connectivity index (χ0n) is 11.3. The SMILES string of the molecule is C[C@H]1N[C@@H](c2ccc(C#N)cc2)O[C@@H]1c1ccccc1. The zero-order valence-corrected chi connectivity index (χ0v) is 11.3. The van der Waals surface area contributed by atoms with Gasteiger partial charge in [-0.3, -0.25) is 5.32 Å². The van der Waals surface area contributed by atoms with E-state index in [9.17, 15) is 0 Å². The van der Waals surface area contributed by atoms with Gasteiger partial charge in [0.1, 0.15) is 12.3 Å². The van der Waals surface area contributed by atoms with Crippen molar-refractivity contribution in [1.82, 2.24) is 5.32 Å². The lowest BCUT2D eigenvalue weighted by molar-refractivity contribution is 0.0363. The largest absolute Gasteiger partial charge is 0.350 e. The van der Waals surface area contributed by atoms with Crippen LogP contribution in [-0.2, 0) is 4.74 Å². The predicted molar refractivity (Wildman–Crippen MR) is 76.8 cm³/mol. The Labute approximate surface area is 118 Å². The topological polar surface area (TPSA) is 45.0 Å². The Balaban J connectivity index is 1.79. The van der Waals surface area contributed by atoms with E-state index in [1.807, 2.05) is 42.5 Å². The fraction of sp³-hybridized carbons (Fsp3) is 0.235. The minimum absolute atomic E-state index is 0.0526. The number of nitriles is 1. The Kier molecular flexibility index (Phi) is 3.51. The molecule has 1 aliphatic heterocycles. The highest BCUT2D eigenvalue weighted by atomic mass is 16.5. The first-order chi connectivity index (χ1) is 9.78. The molecule has 0 spiro atoms. The van der Waals surface area contributed by atoms with Gasteiger partial charge in [-0.2, -0.15) is 5.26 Å². The molecule has 1 heterocycles. The summed E-state index contributed by atoms with van der Waals surface area (Å²) in [6.45, 7) is 2.13. The maximum Gasteiger partial charge on any atom is 0.135 e. The van der Waals surface area contributed by atoms with Gasteiger partial charge >= 0.3 is 0 Å². The second kappa shape index (κ2) is 5.46. The van der Waals surface area contributed by atoms with E-state index >= 15 is 0 Å². The monoisotopic (exact) mass is 264 g/mol. The first-order valence-corrected chi connectivity index (χ1v) is 6.74. The third kappa shape index (κ3) is 2.44. The molecule has 3 atom stereocenters. The van der Waals surface area contributed by atoms with Crippen molar-refractivity contribution in [3.05, 3.63) is 71.3 Å². The summed E-state index contributed by atoms with van der Waals surface area (Å²) in [5, 5.41) is 12.3. The molecule has 1 N–H and O–H groups in total. The van der Waals surface area contributed by atoms with Crippen LogP contribution in [0.3, 0.4) is 0 Å². The summed E-state index contributed by atoms with van der Waals surface area (Å²) in [4.78, 5) is 0. The van der Waals surface area contributed by atoms with Crippen LogP contribution in [0.25, 0.3) is 0 Å². The molecule has 0 aromatic heterocycles. The van der Waals surface area contributed by atoms with Crippen LogP contribution in [0.2, 0.25) is 0 Å². The number of hydrogen-bond donors (Lipinski definition) is 1. The molecule has 20 heavy (non-hydrogen) atoms. The fourth-order valence-electron chi connectivity index (χ4n) is 2.55. The van der Waals surface area contributed by atoms with Gasteiger partial charge in [-0.25, -0.2) is 0 Å². The van der Waals surface area contributed by atoms with Gasteiger partial charge in [-0.05, 0) is 30.2 Å². The summed E-state index contributed by atoms with van der Waals surface area (Å²) in [7, 11) is 0. The van der Waals surface area contributed by atoms with Gasteiger partial charge in [0, 0.05) is 6.04 Å². The molecule has 2 aromatic rings. The lowest BCUT2D eigenvalue weighted by atomic mass is 10.0. The second-order valence-electron chi connectivity index (χ2n) is 5.04. The quantitative estimate of drug-likeness (QED) is 0.905. The standard InChI is InChI=1S/C17H16N2O/c1-12-16(14-5-3-2-4-6-14)20-17(19-12)15-9-7-13(11-18)8-10-15/h2-10,12,16-17,19H,1H3/t12-,16+,17-/m1/s1. The Bertz CT molecular complexity index is 616. The van der Waals surface area contributed by atoms with Gasteiger partial charge in [0.25, 0.3) is 0 Å². The van der Waals surface area contributed by atoms with Crippen LogP contribution < -0.4 is 5.32 Å². The van der Waals surface area contributed by atoms with Crippen LogP contribution in [-0.4, -0.2) is 6.04 Å². The number of ether oxygens (including phenoxy) is 1. The lowest BCUT2D eigenvalue weighted by Gasteiger charge is -2.14. The van der Waals surface area contributed by atoms with Crippen molar-refractivity contribution in [2.24, 2.45) is 0 Å². The Morgan fingerprint density at radius 1 is 1.00 bits per heavy atom. The van der Waals surface area contributed by atoms with E-state index in [1.165, 1.54) is 5.56 Å². The minimum atomic E-state index is -0.122. The highest BCUT2D eigenvalue weighted by Crippen LogP contribution is 2.34. The van der Waals surface area contributed by atoms with Crippen molar-refractivity contribution < 1.29 is 4.74 Å². The molecule has 0 amide bonds. The fourth-order valence-corrected chi connectivity index (χ4v) is 2.55. The van der Waals surface area contributed by atoms with Crippen molar-refractivity contribution in [1.29, 1.82) is 5.26 Å². The van der Waals surface area contributed by atoms with Crippen LogP contribution in [0.5, 0.6) is 0 Å². The number of nitrogens with one attached hydrogen (secondary N) is 1. The van der Waals surface area contributed by atoms with E-state index in [4.69, 9.17) is 10.00 Å². The van der Waals surface area contributed by atoms with E-state index in [1.54, 1.807) is 0 Å². The van der Waals surface area contributed by atoms with Crippen LogP contribution >= 0.6 is 0 Å². The average molecular weight is 264 g/mol. The van der Waals surface area contributed by atoms with E-state index in [0.717, 1.165) is 5.56 Å². The molecule has 1 aliphatic rings.